The van der Waals surface area contributed by atoms with Crippen molar-refractivity contribution in [3.8, 4) is 0 Å². The second-order valence-corrected chi connectivity index (χ2v) is 9.88. The largest absolute Gasteiger partial charge is 0.381 e. The Morgan fingerprint density at radius 3 is 2.72 bits per heavy atom. The van der Waals surface area contributed by atoms with Crippen molar-refractivity contribution in [3.05, 3.63) is 23.3 Å². The fourth-order valence-electron chi connectivity index (χ4n) is 5.21. The lowest BCUT2D eigenvalue weighted by molar-refractivity contribution is -0.137. The molecule has 174 valence electrons. The van der Waals surface area contributed by atoms with Gasteiger partial charge >= 0.3 is 0 Å². The van der Waals surface area contributed by atoms with Crippen molar-refractivity contribution in [2.45, 2.75) is 75.9 Å². The van der Waals surface area contributed by atoms with Crippen LogP contribution in [0.15, 0.2) is 6.20 Å². The van der Waals surface area contributed by atoms with Gasteiger partial charge < -0.3 is 20.5 Å². The van der Waals surface area contributed by atoms with Gasteiger partial charge in [0, 0.05) is 44.1 Å². The molecule has 1 aliphatic carbocycles. The molecule has 0 bridgehead atoms. The number of rotatable bonds is 5. The van der Waals surface area contributed by atoms with Gasteiger partial charge in [0.05, 0.1) is 29.9 Å². The average molecular weight is 443 g/mol. The summed E-state index contributed by atoms with van der Waals surface area (Å²) >= 11 is 0. The van der Waals surface area contributed by atoms with E-state index in [0.717, 1.165) is 55.1 Å². The van der Waals surface area contributed by atoms with E-state index in [4.69, 9.17) is 30.3 Å². The van der Waals surface area contributed by atoms with Crippen molar-refractivity contribution < 1.29 is 14.3 Å². The van der Waals surface area contributed by atoms with Crippen LogP contribution in [0, 0.1) is 5.92 Å². The second kappa shape index (κ2) is 9.03. The first-order valence-electron chi connectivity index (χ1n) is 12.0. The number of aromatic nitrogens is 4. The van der Waals surface area contributed by atoms with Gasteiger partial charge in [-0.2, -0.15) is 5.10 Å². The molecular weight excluding hydrogens is 408 g/mol. The summed E-state index contributed by atoms with van der Waals surface area (Å²) in [6.07, 6.45) is 8.74. The first-order valence-corrected chi connectivity index (χ1v) is 12.0. The summed E-state index contributed by atoms with van der Waals surface area (Å²) in [7, 11) is 0. The lowest BCUT2D eigenvalue weighted by atomic mass is 9.75. The van der Waals surface area contributed by atoms with Gasteiger partial charge in [0.1, 0.15) is 6.10 Å². The van der Waals surface area contributed by atoms with E-state index in [1.165, 1.54) is 12.8 Å². The molecule has 1 unspecified atom stereocenters. The normalized spacial score (nSPS) is 29.9. The van der Waals surface area contributed by atoms with E-state index in [-0.39, 0.29) is 17.4 Å². The van der Waals surface area contributed by atoms with Crippen molar-refractivity contribution in [1.82, 2.24) is 24.9 Å². The van der Waals surface area contributed by atoms with Gasteiger partial charge in [-0.3, -0.25) is 4.79 Å². The number of nitrogens with one attached hydrogen (secondary N) is 1. The highest BCUT2D eigenvalue weighted by atomic mass is 16.5. The third-order valence-corrected chi connectivity index (χ3v) is 7.27. The number of nitrogens with two attached hydrogens (primary N) is 1. The summed E-state index contributed by atoms with van der Waals surface area (Å²) in [5.74, 6) is 1.52. The molecular formula is C23H34N6O3. The van der Waals surface area contributed by atoms with Crippen molar-refractivity contribution in [2.24, 2.45) is 11.7 Å². The van der Waals surface area contributed by atoms with Crippen LogP contribution in [0.4, 0.5) is 0 Å². The number of hydrogen-bond acceptors (Lipinski definition) is 7. The van der Waals surface area contributed by atoms with Crippen LogP contribution in [0.2, 0.25) is 0 Å². The standard InChI is InChI=1S/C23H34N6O3/c1-15-2-6-23(24,7-3-15)13-17-14-29-22(26-17)27-20(16-4-9-31-10-5-16)18(28-29)12-19-21(30)25-8-11-32-19/h14-16,19H,2-13,24H2,1H3,(H,25,30). The number of imidazole rings is 1. The minimum Gasteiger partial charge on any atom is -0.381 e. The number of amides is 1. The molecule has 0 aromatic carbocycles. The van der Waals surface area contributed by atoms with Crippen LogP contribution in [-0.2, 0) is 27.1 Å². The summed E-state index contributed by atoms with van der Waals surface area (Å²) in [6.45, 7) is 4.80. The number of carbonyl (C=O) groups is 1. The van der Waals surface area contributed by atoms with Crippen LogP contribution >= 0.6 is 0 Å². The highest BCUT2D eigenvalue weighted by molar-refractivity contribution is 5.81. The maximum Gasteiger partial charge on any atom is 0.251 e. The molecule has 2 aromatic rings. The molecule has 32 heavy (non-hydrogen) atoms. The second-order valence-electron chi connectivity index (χ2n) is 9.88. The van der Waals surface area contributed by atoms with Crippen LogP contribution in [0.3, 0.4) is 0 Å². The Morgan fingerprint density at radius 2 is 1.97 bits per heavy atom. The van der Waals surface area contributed by atoms with Crippen LogP contribution in [-0.4, -0.2) is 63.5 Å². The van der Waals surface area contributed by atoms with Crippen LogP contribution in [0.25, 0.3) is 5.78 Å². The van der Waals surface area contributed by atoms with Crippen LogP contribution in [0.5, 0.6) is 0 Å². The Balaban J connectivity index is 1.44. The summed E-state index contributed by atoms with van der Waals surface area (Å²) in [6, 6.07) is 0. The number of ether oxygens (including phenoxy) is 2. The van der Waals surface area contributed by atoms with E-state index in [0.29, 0.717) is 38.6 Å². The Bertz CT molecular complexity index is 962. The fraction of sp³-hybridized carbons (Fsp3) is 0.739. The molecule has 3 fully saturated rings. The van der Waals surface area contributed by atoms with Crippen molar-refractivity contribution >= 4 is 11.7 Å². The zero-order chi connectivity index (χ0) is 22.1. The molecule has 9 nitrogen and oxygen atoms in total. The minimum atomic E-state index is -0.534. The van der Waals surface area contributed by atoms with Gasteiger partial charge in [0.25, 0.3) is 5.78 Å². The Labute approximate surface area is 188 Å². The number of nitrogens with zero attached hydrogens (tertiary/aromatic N) is 4. The molecule has 1 saturated carbocycles. The number of morpholine rings is 1. The van der Waals surface area contributed by atoms with E-state index >= 15 is 0 Å². The Morgan fingerprint density at radius 1 is 1.19 bits per heavy atom. The van der Waals surface area contributed by atoms with E-state index < -0.39 is 6.10 Å². The Hall–Kier alpha value is -2.10. The SMILES string of the molecule is CC1CCC(N)(Cc2cn3nc(CC4OCCNC4=O)c(C4CCOCC4)nc3n2)CC1. The molecule has 0 spiro atoms. The van der Waals surface area contributed by atoms with Gasteiger partial charge in [-0.05, 0) is 44.4 Å². The highest BCUT2D eigenvalue weighted by Crippen LogP contribution is 2.33. The van der Waals surface area contributed by atoms with E-state index in [9.17, 15) is 4.79 Å². The third kappa shape index (κ3) is 4.65. The molecule has 2 saturated heterocycles. The molecule has 4 heterocycles. The predicted octanol–water partition coefficient (Wildman–Crippen LogP) is 1.53. The van der Waals surface area contributed by atoms with E-state index in [2.05, 4.69) is 12.2 Å². The van der Waals surface area contributed by atoms with Crippen molar-refractivity contribution in [3.63, 3.8) is 0 Å². The first kappa shape index (κ1) is 21.7. The monoisotopic (exact) mass is 442 g/mol. The van der Waals surface area contributed by atoms with Crippen molar-refractivity contribution in [2.75, 3.05) is 26.4 Å². The molecule has 0 radical (unpaired) electrons. The molecule has 3 N–H and O–H groups in total. The highest BCUT2D eigenvalue weighted by Gasteiger charge is 2.32. The third-order valence-electron chi connectivity index (χ3n) is 7.27. The average Bonchev–Trinajstić information content (AvgIpc) is 3.18. The van der Waals surface area contributed by atoms with Gasteiger partial charge in [0.2, 0.25) is 5.91 Å². The molecule has 1 atom stereocenters. The summed E-state index contributed by atoms with van der Waals surface area (Å²) in [5, 5.41) is 7.76. The Kier molecular flexibility index (Phi) is 6.14. The first-order chi connectivity index (χ1) is 15.5. The molecule has 1 amide bonds. The van der Waals surface area contributed by atoms with Gasteiger partial charge in [0.15, 0.2) is 0 Å². The summed E-state index contributed by atoms with van der Waals surface area (Å²) in [4.78, 5) is 22.0. The molecule has 2 aromatic heterocycles. The summed E-state index contributed by atoms with van der Waals surface area (Å²) < 4.78 is 13.0. The molecule has 9 heteroatoms. The van der Waals surface area contributed by atoms with Gasteiger partial charge in [-0.15, -0.1) is 0 Å². The predicted molar refractivity (Wildman–Crippen MR) is 118 cm³/mol. The zero-order valence-electron chi connectivity index (χ0n) is 18.9. The number of hydrogen-bond donors (Lipinski definition) is 2. The molecule has 5 rings (SSSR count). The maximum atomic E-state index is 12.3. The lowest BCUT2D eigenvalue weighted by Gasteiger charge is -2.35. The van der Waals surface area contributed by atoms with E-state index in [1.54, 1.807) is 4.52 Å². The van der Waals surface area contributed by atoms with E-state index in [1.807, 2.05) is 6.20 Å². The minimum absolute atomic E-state index is 0.0843. The van der Waals surface area contributed by atoms with Gasteiger partial charge in [-0.1, -0.05) is 6.92 Å². The number of carbonyl (C=O) groups excluding carboxylic acids is 1. The fourth-order valence-corrected chi connectivity index (χ4v) is 5.21. The summed E-state index contributed by atoms with van der Waals surface area (Å²) in [5.41, 5.74) is 9.19. The van der Waals surface area contributed by atoms with Gasteiger partial charge in [-0.25, -0.2) is 14.5 Å². The van der Waals surface area contributed by atoms with Crippen LogP contribution in [0.1, 0.15) is 68.4 Å². The topological polar surface area (TPSA) is 117 Å². The smallest absolute Gasteiger partial charge is 0.251 e. The van der Waals surface area contributed by atoms with Crippen LogP contribution < -0.4 is 11.1 Å². The quantitative estimate of drug-likeness (QED) is 0.721. The zero-order valence-corrected chi connectivity index (χ0v) is 18.9. The lowest BCUT2D eigenvalue weighted by Crippen LogP contribution is -2.45. The number of fused-ring (bicyclic) bond motifs is 1. The molecule has 3 aliphatic rings. The van der Waals surface area contributed by atoms with Crippen molar-refractivity contribution in [1.29, 1.82) is 0 Å². The maximum absolute atomic E-state index is 12.3. The molecule has 2 aliphatic heterocycles.